The van der Waals surface area contributed by atoms with Crippen LogP contribution in [-0.4, -0.2) is 29.7 Å². The molecular weight excluding hydrogens is 370 g/mol. The lowest BCUT2D eigenvalue weighted by atomic mass is 10.2. The lowest BCUT2D eigenvalue weighted by Crippen LogP contribution is -2.19. The zero-order valence-corrected chi connectivity index (χ0v) is 16.5. The number of hydrogen-bond donors (Lipinski definition) is 3. The van der Waals surface area contributed by atoms with Crippen LogP contribution in [0.1, 0.15) is 12.7 Å². The lowest BCUT2D eigenvalue weighted by Gasteiger charge is -2.12. The maximum absolute atomic E-state index is 12.2. The van der Waals surface area contributed by atoms with E-state index in [1.165, 1.54) is 0 Å². The van der Waals surface area contributed by atoms with Crippen LogP contribution in [-0.2, 0) is 0 Å². The minimum Gasteiger partial charge on any atom is -0.495 e. The first-order chi connectivity index (χ1) is 14.1. The number of urea groups is 1. The molecule has 0 saturated carbocycles. The van der Waals surface area contributed by atoms with Gasteiger partial charge < -0.3 is 25.4 Å². The summed E-state index contributed by atoms with van der Waals surface area (Å²) in [7, 11) is 1.56. The number of benzene rings is 2. The van der Waals surface area contributed by atoms with E-state index in [-0.39, 0.29) is 6.03 Å². The summed E-state index contributed by atoms with van der Waals surface area (Å²) in [6, 6.07) is 15.9. The summed E-state index contributed by atoms with van der Waals surface area (Å²) >= 11 is 0. The largest absolute Gasteiger partial charge is 0.495 e. The third-order valence-electron chi connectivity index (χ3n) is 3.88. The minimum absolute atomic E-state index is 0.358. The van der Waals surface area contributed by atoms with Gasteiger partial charge in [0, 0.05) is 17.4 Å². The van der Waals surface area contributed by atoms with Crippen LogP contribution in [0.2, 0.25) is 0 Å². The van der Waals surface area contributed by atoms with E-state index in [0.717, 1.165) is 5.69 Å². The number of nitrogens with one attached hydrogen (secondary N) is 3. The number of para-hydroxylation sites is 2. The molecule has 2 amide bonds. The normalized spacial score (nSPS) is 10.2. The number of rotatable bonds is 7. The van der Waals surface area contributed by atoms with E-state index < -0.39 is 0 Å². The van der Waals surface area contributed by atoms with Gasteiger partial charge in [-0.05, 0) is 50.2 Å². The Labute approximate surface area is 169 Å². The van der Waals surface area contributed by atoms with Gasteiger partial charge in [0.2, 0.25) is 5.88 Å². The van der Waals surface area contributed by atoms with Crippen molar-refractivity contribution in [2.45, 2.75) is 13.8 Å². The molecule has 0 aliphatic carbocycles. The molecule has 3 aromatic rings. The van der Waals surface area contributed by atoms with Crippen molar-refractivity contribution in [3.8, 4) is 11.6 Å². The first kappa shape index (κ1) is 19.9. The molecular formula is C21H23N5O3. The SMILES string of the molecule is CCOc1cc(Nc2ccc(NC(=O)Nc3ccccc3OC)cc2)nc(C)n1. The molecule has 0 unspecified atom stereocenters. The number of aryl methyl sites for hydroxylation is 1. The van der Waals surface area contributed by atoms with Crippen molar-refractivity contribution < 1.29 is 14.3 Å². The van der Waals surface area contributed by atoms with Gasteiger partial charge in [-0.1, -0.05) is 12.1 Å². The van der Waals surface area contributed by atoms with Gasteiger partial charge in [0.15, 0.2) is 0 Å². The predicted octanol–water partition coefficient (Wildman–Crippen LogP) is 4.58. The molecule has 0 bridgehead atoms. The van der Waals surface area contributed by atoms with E-state index in [2.05, 4.69) is 25.9 Å². The highest BCUT2D eigenvalue weighted by molar-refractivity contribution is 6.00. The van der Waals surface area contributed by atoms with E-state index >= 15 is 0 Å². The van der Waals surface area contributed by atoms with E-state index in [0.29, 0.717) is 41.3 Å². The van der Waals surface area contributed by atoms with E-state index in [9.17, 15) is 4.79 Å². The molecule has 1 aromatic heterocycles. The topological polar surface area (TPSA) is 97.4 Å². The Morgan fingerprint density at radius 3 is 2.45 bits per heavy atom. The summed E-state index contributed by atoms with van der Waals surface area (Å²) in [6.45, 7) is 4.24. The van der Waals surface area contributed by atoms with E-state index in [1.807, 2.05) is 31.2 Å². The molecule has 0 aliphatic heterocycles. The molecule has 150 valence electrons. The van der Waals surface area contributed by atoms with Crippen molar-refractivity contribution in [2.75, 3.05) is 29.7 Å². The fraction of sp³-hybridized carbons (Fsp3) is 0.190. The summed E-state index contributed by atoms with van der Waals surface area (Å²) in [5.41, 5.74) is 2.06. The molecule has 0 radical (unpaired) electrons. The van der Waals surface area contributed by atoms with Gasteiger partial charge in [0.05, 0.1) is 19.4 Å². The van der Waals surface area contributed by atoms with Crippen LogP contribution in [0.15, 0.2) is 54.6 Å². The van der Waals surface area contributed by atoms with Gasteiger partial charge in [0.25, 0.3) is 0 Å². The highest BCUT2D eigenvalue weighted by Gasteiger charge is 2.07. The molecule has 0 spiro atoms. The number of amides is 2. The van der Waals surface area contributed by atoms with E-state index in [4.69, 9.17) is 9.47 Å². The van der Waals surface area contributed by atoms with Crippen LogP contribution in [0, 0.1) is 6.92 Å². The van der Waals surface area contributed by atoms with Crippen molar-refractivity contribution in [2.24, 2.45) is 0 Å². The Morgan fingerprint density at radius 1 is 1.00 bits per heavy atom. The number of aromatic nitrogens is 2. The highest BCUT2D eigenvalue weighted by Crippen LogP contribution is 2.24. The summed E-state index contributed by atoms with van der Waals surface area (Å²) in [5.74, 6) is 2.36. The second-order valence-corrected chi connectivity index (χ2v) is 6.05. The Balaban J connectivity index is 1.62. The van der Waals surface area contributed by atoms with Gasteiger partial charge >= 0.3 is 6.03 Å². The zero-order chi connectivity index (χ0) is 20.6. The number of carbonyl (C=O) groups excluding carboxylic acids is 1. The molecule has 2 aromatic carbocycles. The van der Waals surface area contributed by atoms with Crippen molar-refractivity contribution in [3.63, 3.8) is 0 Å². The molecule has 8 heteroatoms. The summed E-state index contributed by atoms with van der Waals surface area (Å²) < 4.78 is 10.7. The lowest BCUT2D eigenvalue weighted by molar-refractivity contribution is 0.262. The van der Waals surface area contributed by atoms with Gasteiger partial charge in [-0.15, -0.1) is 0 Å². The van der Waals surface area contributed by atoms with Crippen LogP contribution in [0.5, 0.6) is 11.6 Å². The molecule has 3 N–H and O–H groups in total. The number of carbonyl (C=O) groups is 1. The second-order valence-electron chi connectivity index (χ2n) is 6.05. The maximum atomic E-state index is 12.2. The van der Waals surface area contributed by atoms with E-state index in [1.54, 1.807) is 44.4 Å². The first-order valence-electron chi connectivity index (χ1n) is 9.14. The molecule has 3 rings (SSSR count). The number of hydrogen-bond acceptors (Lipinski definition) is 6. The molecule has 0 fully saturated rings. The standard InChI is InChI=1S/C21H23N5O3/c1-4-29-20-13-19(22-14(2)23-20)24-15-9-11-16(12-10-15)25-21(27)26-17-7-5-6-8-18(17)28-3/h5-13H,4H2,1-3H3,(H,22,23,24)(H2,25,26,27). The monoisotopic (exact) mass is 393 g/mol. The van der Waals surface area contributed by atoms with Crippen molar-refractivity contribution >= 4 is 28.9 Å². The third kappa shape index (κ3) is 5.58. The smallest absolute Gasteiger partial charge is 0.323 e. The maximum Gasteiger partial charge on any atom is 0.323 e. The van der Waals surface area contributed by atoms with Crippen LogP contribution < -0.4 is 25.4 Å². The molecule has 29 heavy (non-hydrogen) atoms. The van der Waals surface area contributed by atoms with Crippen LogP contribution in [0.4, 0.5) is 27.7 Å². The van der Waals surface area contributed by atoms with Gasteiger partial charge in [-0.3, -0.25) is 0 Å². The average molecular weight is 393 g/mol. The average Bonchev–Trinajstić information content (AvgIpc) is 2.70. The number of nitrogens with zero attached hydrogens (tertiary/aromatic N) is 2. The Kier molecular flexibility index (Phi) is 6.47. The minimum atomic E-state index is -0.358. The van der Waals surface area contributed by atoms with Crippen LogP contribution in [0.3, 0.4) is 0 Å². The highest BCUT2D eigenvalue weighted by atomic mass is 16.5. The molecule has 1 heterocycles. The zero-order valence-electron chi connectivity index (χ0n) is 16.5. The number of ether oxygens (including phenoxy) is 2. The summed E-state index contributed by atoms with van der Waals surface area (Å²) in [6.07, 6.45) is 0. The van der Waals surface area contributed by atoms with Crippen molar-refractivity contribution in [1.29, 1.82) is 0 Å². The predicted molar refractivity (Wildman–Crippen MR) is 113 cm³/mol. The fourth-order valence-corrected chi connectivity index (χ4v) is 2.64. The third-order valence-corrected chi connectivity index (χ3v) is 3.88. The fourth-order valence-electron chi connectivity index (χ4n) is 2.64. The van der Waals surface area contributed by atoms with Crippen molar-refractivity contribution in [1.82, 2.24) is 9.97 Å². The number of anilines is 4. The molecule has 0 saturated heterocycles. The van der Waals surface area contributed by atoms with Crippen molar-refractivity contribution in [3.05, 3.63) is 60.4 Å². The Bertz CT molecular complexity index is 976. The molecule has 8 nitrogen and oxygen atoms in total. The van der Waals surface area contributed by atoms with Gasteiger partial charge in [-0.2, -0.15) is 4.98 Å². The summed E-state index contributed by atoms with van der Waals surface area (Å²) in [4.78, 5) is 20.8. The van der Waals surface area contributed by atoms with Crippen LogP contribution in [0.25, 0.3) is 0 Å². The number of methoxy groups -OCH3 is 1. The van der Waals surface area contributed by atoms with Gasteiger partial charge in [0.1, 0.15) is 17.4 Å². The Morgan fingerprint density at radius 2 is 1.72 bits per heavy atom. The van der Waals surface area contributed by atoms with Crippen LogP contribution >= 0.6 is 0 Å². The second kappa shape index (κ2) is 9.41. The summed E-state index contributed by atoms with van der Waals surface area (Å²) in [5, 5.41) is 8.76. The quantitative estimate of drug-likeness (QED) is 0.544. The molecule has 0 atom stereocenters. The Hall–Kier alpha value is -3.81. The van der Waals surface area contributed by atoms with Gasteiger partial charge in [-0.25, -0.2) is 9.78 Å². The molecule has 0 aliphatic rings. The first-order valence-corrected chi connectivity index (χ1v) is 9.14.